The summed E-state index contributed by atoms with van der Waals surface area (Å²) in [5.41, 5.74) is 1.12. The first-order valence-electron chi connectivity index (χ1n) is 13.4. The highest BCUT2D eigenvalue weighted by Crippen LogP contribution is 2.46. The normalized spacial score (nSPS) is 33.2. The maximum Gasteiger partial charge on any atom is 0.338 e. The second kappa shape index (κ2) is 11.4. The van der Waals surface area contributed by atoms with Crippen molar-refractivity contribution in [2.75, 3.05) is 0 Å². The van der Waals surface area contributed by atoms with Crippen LogP contribution in [0.15, 0.2) is 24.3 Å². The average Bonchev–Trinajstić information content (AvgIpc) is 2.85. The van der Waals surface area contributed by atoms with Gasteiger partial charge in [-0.3, -0.25) is 0 Å². The summed E-state index contributed by atoms with van der Waals surface area (Å²) >= 11 is 0. The topological polar surface area (TPSA) is 50.1 Å². The minimum atomic E-state index is -0.243. The number of nitriles is 1. The van der Waals surface area contributed by atoms with E-state index < -0.39 is 0 Å². The lowest BCUT2D eigenvalue weighted by Gasteiger charge is -2.41. The Balaban J connectivity index is 1.16. The van der Waals surface area contributed by atoms with Crippen molar-refractivity contribution in [1.29, 1.82) is 5.26 Å². The smallest absolute Gasteiger partial charge is 0.338 e. The van der Waals surface area contributed by atoms with E-state index >= 15 is 0 Å². The van der Waals surface area contributed by atoms with Gasteiger partial charge in [-0.2, -0.15) is 5.26 Å². The van der Waals surface area contributed by atoms with Crippen molar-refractivity contribution in [2.45, 2.75) is 103 Å². The van der Waals surface area contributed by atoms with Crippen molar-refractivity contribution in [3.63, 3.8) is 0 Å². The second-order valence-electron chi connectivity index (χ2n) is 10.9. The number of benzene rings is 1. The Morgan fingerprint density at radius 3 is 1.75 bits per heavy atom. The van der Waals surface area contributed by atoms with E-state index in [0.29, 0.717) is 11.1 Å². The van der Waals surface area contributed by atoms with E-state index in [1.807, 2.05) is 0 Å². The molecule has 0 aromatic heterocycles. The van der Waals surface area contributed by atoms with E-state index in [2.05, 4.69) is 13.0 Å². The Morgan fingerprint density at radius 2 is 1.28 bits per heavy atom. The molecule has 0 spiro atoms. The third kappa shape index (κ3) is 5.94. The van der Waals surface area contributed by atoms with Gasteiger partial charge in [0.15, 0.2) is 0 Å². The molecular weight excluding hydrogens is 394 g/mol. The first-order valence-corrected chi connectivity index (χ1v) is 13.4. The minimum absolute atomic E-state index is 0.0593. The van der Waals surface area contributed by atoms with Gasteiger partial charge in [-0.25, -0.2) is 4.79 Å². The van der Waals surface area contributed by atoms with Gasteiger partial charge in [0.05, 0.1) is 17.2 Å². The number of hydrogen-bond donors (Lipinski definition) is 0. The first-order chi connectivity index (χ1) is 15.7. The van der Waals surface area contributed by atoms with Gasteiger partial charge in [-0.1, -0.05) is 32.6 Å². The summed E-state index contributed by atoms with van der Waals surface area (Å²) in [5, 5.41) is 8.90. The molecule has 0 radical (unpaired) electrons. The number of esters is 1. The van der Waals surface area contributed by atoms with Crippen molar-refractivity contribution in [3.05, 3.63) is 35.4 Å². The summed E-state index contributed by atoms with van der Waals surface area (Å²) in [7, 11) is 0. The molecule has 0 bridgehead atoms. The fourth-order valence-electron chi connectivity index (χ4n) is 7.02. The van der Waals surface area contributed by atoms with E-state index in [1.54, 1.807) is 24.3 Å². The zero-order chi connectivity index (χ0) is 22.3. The zero-order valence-corrected chi connectivity index (χ0v) is 19.9. The average molecular weight is 436 g/mol. The number of ether oxygens (including phenoxy) is 1. The number of carbonyl (C=O) groups is 1. The quantitative estimate of drug-likeness (QED) is 0.430. The predicted molar refractivity (Wildman–Crippen MR) is 128 cm³/mol. The highest BCUT2D eigenvalue weighted by Gasteiger charge is 2.35. The van der Waals surface area contributed by atoms with Crippen LogP contribution in [0.25, 0.3) is 0 Å². The van der Waals surface area contributed by atoms with Gasteiger partial charge in [0.25, 0.3) is 0 Å². The SMILES string of the molecule is CCCC1CCC(C2CCC(C3CCC(OC(=O)c4ccc(C#N)cc4)CC3)CC2)CC1. The van der Waals surface area contributed by atoms with Crippen molar-refractivity contribution >= 4 is 5.97 Å². The molecule has 3 saturated carbocycles. The van der Waals surface area contributed by atoms with E-state index in [-0.39, 0.29) is 12.1 Å². The van der Waals surface area contributed by atoms with Crippen LogP contribution in [0.3, 0.4) is 0 Å². The maximum atomic E-state index is 12.4. The molecule has 3 aliphatic carbocycles. The molecule has 0 amide bonds. The van der Waals surface area contributed by atoms with Gasteiger partial charge in [-0.15, -0.1) is 0 Å². The molecule has 3 heteroatoms. The van der Waals surface area contributed by atoms with Crippen LogP contribution in [0.1, 0.15) is 113 Å². The molecule has 3 nitrogen and oxygen atoms in total. The molecule has 0 N–H and O–H groups in total. The lowest BCUT2D eigenvalue weighted by molar-refractivity contribution is 0.00997. The Labute approximate surface area is 194 Å². The minimum Gasteiger partial charge on any atom is -0.459 e. The van der Waals surface area contributed by atoms with Crippen LogP contribution < -0.4 is 0 Å². The van der Waals surface area contributed by atoms with E-state index in [1.165, 1.54) is 77.0 Å². The lowest BCUT2D eigenvalue weighted by atomic mass is 9.65. The van der Waals surface area contributed by atoms with Crippen molar-refractivity contribution in [2.24, 2.45) is 29.6 Å². The van der Waals surface area contributed by atoms with Crippen LogP contribution in [0.5, 0.6) is 0 Å². The molecule has 1 aromatic rings. The molecule has 3 fully saturated rings. The van der Waals surface area contributed by atoms with Crippen LogP contribution in [0.2, 0.25) is 0 Å². The third-order valence-electron chi connectivity index (χ3n) is 8.98. The van der Waals surface area contributed by atoms with Gasteiger partial charge in [-0.05, 0) is 118 Å². The van der Waals surface area contributed by atoms with E-state index in [0.717, 1.165) is 42.4 Å². The molecule has 0 heterocycles. The molecule has 3 aliphatic rings. The van der Waals surface area contributed by atoms with Gasteiger partial charge in [0.2, 0.25) is 0 Å². The van der Waals surface area contributed by atoms with Crippen LogP contribution in [0, 0.1) is 40.9 Å². The summed E-state index contributed by atoms with van der Waals surface area (Å²) in [6, 6.07) is 8.84. The van der Waals surface area contributed by atoms with Crippen LogP contribution in [-0.2, 0) is 4.74 Å². The van der Waals surface area contributed by atoms with Crippen LogP contribution in [0.4, 0.5) is 0 Å². The zero-order valence-electron chi connectivity index (χ0n) is 19.9. The molecule has 174 valence electrons. The second-order valence-corrected chi connectivity index (χ2v) is 10.9. The fourth-order valence-corrected chi connectivity index (χ4v) is 7.02. The first kappa shape index (κ1) is 23.3. The highest BCUT2D eigenvalue weighted by atomic mass is 16.5. The molecule has 0 aliphatic heterocycles. The lowest BCUT2D eigenvalue weighted by Crippen LogP contribution is -2.31. The van der Waals surface area contributed by atoms with Crippen molar-refractivity contribution in [1.82, 2.24) is 0 Å². The van der Waals surface area contributed by atoms with Gasteiger partial charge < -0.3 is 4.74 Å². The van der Waals surface area contributed by atoms with Gasteiger partial charge >= 0.3 is 5.97 Å². The predicted octanol–water partition coefficient (Wildman–Crippen LogP) is 7.69. The number of hydrogen-bond acceptors (Lipinski definition) is 3. The van der Waals surface area contributed by atoms with Gasteiger partial charge in [0, 0.05) is 0 Å². The van der Waals surface area contributed by atoms with E-state index in [9.17, 15) is 4.79 Å². The monoisotopic (exact) mass is 435 g/mol. The number of rotatable bonds is 6. The molecule has 0 atom stereocenters. The number of carbonyl (C=O) groups excluding carboxylic acids is 1. The number of nitrogens with zero attached hydrogens (tertiary/aromatic N) is 1. The Kier molecular flexibility index (Phi) is 8.28. The molecule has 32 heavy (non-hydrogen) atoms. The summed E-state index contributed by atoms with van der Waals surface area (Å²) in [6.45, 7) is 2.33. The van der Waals surface area contributed by atoms with Crippen molar-refractivity contribution in [3.8, 4) is 6.07 Å². The molecule has 4 rings (SSSR count). The summed E-state index contributed by atoms with van der Waals surface area (Å²) < 4.78 is 5.79. The van der Waals surface area contributed by atoms with Gasteiger partial charge in [0.1, 0.15) is 6.10 Å². The summed E-state index contributed by atoms with van der Waals surface area (Å²) in [6.07, 6.45) is 19.1. The third-order valence-corrected chi connectivity index (χ3v) is 8.98. The molecular formula is C29H41NO2. The van der Waals surface area contributed by atoms with Crippen LogP contribution >= 0.6 is 0 Å². The summed E-state index contributed by atoms with van der Waals surface area (Å²) in [4.78, 5) is 12.4. The summed E-state index contributed by atoms with van der Waals surface area (Å²) in [5.74, 6) is 4.53. The van der Waals surface area contributed by atoms with E-state index in [4.69, 9.17) is 10.00 Å². The fraction of sp³-hybridized carbons (Fsp3) is 0.724. The largest absolute Gasteiger partial charge is 0.459 e. The highest BCUT2D eigenvalue weighted by molar-refractivity contribution is 5.89. The molecule has 0 unspecified atom stereocenters. The molecule has 0 saturated heterocycles. The maximum absolute atomic E-state index is 12.4. The Morgan fingerprint density at radius 1 is 0.812 bits per heavy atom. The standard InChI is InChI=1S/C29H41NO2/c1-2-3-21-4-8-23(9-5-21)24-12-14-25(15-13-24)26-16-18-28(19-17-26)32-29(31)27-10-6-22(20-30)7-11-27/h6-7,10-11,21,23-26,28H,2-5,8-9,12-19H2,1H3. The Hall–Kier alpha value is -1.82. The van der Waals surface area contributed by atoms with Crippen molar-refractivity contribution < 1.29 is 9.53 Å². The molecule has 1 aromatic carbocycles. The Bertz CT molecular complexity index is 755. The van der Waals surface area contributed by atoms with Crippen LogP contribution in [-0.4, -0.2) is 12.1 Å².